The van der Waals surface area contributed by atoms with Gasteiger partial charge in [0.1, 0.15) is 34.8 Å². The number of aromatic carboxylic acids is 2. The Morgan fingerprint density at radius 3 is 1.34 bits per heavy atom. The van der Waals surface area contributed by atoms with Gasteiger partial charge in [0.05, 0.1) is 49.5 Å². The minimum Gasteiger partial charge on any atom is -0.669 e. The predicted octanol–water partition coefficient (Wildman–Crippen LogP) is -7.11. The third kappa shape index (κ3) is 9.81. The topological polar surface area (TPSA) is 257 Å². The number of nitrogens with one attached hydrogen (secondary N) is 2. The van der Waals surface area contributed by atoms with Crippen molar-refractivity contribution in [2.45, 2.75) is 50.5 Å². The van der Waals surface area contributed by atoms with Gasteiger partial charge in [0, 0.05) is 13.1 Å². The van der Waals surface area contributed by atoms with Crippen LogP contribution in [0.4, 0.5) is 0 Å². The summed E-state index contributed by atoms with van der Waals surface area (Å²) in [6.07, 6.45) is 1.71. The van der Waals surface area contributed by atoms with Crippen molar-refractivity contribution in [1.82, 2.24) is 20.4 Å². The van der Waals surface area contributed by atoms with Gasteiger partial charge in [-0.25, -0.2) is 9.59 Å². The average Bonchev–Trinajstić information content (AvgIpc) is 3.81. The molecule has 2 aromatic carbocycles. The van der Waals surface area contributed by atoms with E-state index in [0.717, 1.165) is 25.9 Å². The second kappa shape index (κ2) is 18.1. The number of hydrogen-bond donors (Lipinski definition) is 8. The Balaban J connectivity index is 0.000000207. The molecule has 0 spiro atoms. The summed E-state index contributed by atoms with van der Waals surface area (Å²) in [5.41, 5.74) is 0.761. The quantitative estimate of drug-likeness (QED) is 0.116. The van der Waals surface area contributed by atoms with Crippen LogP contribution in [0.15, 0.2) is 24.3 Å². The molecule has 2 amide bonds. The molecule has 2 unspecified atom stereocenters. The molecule has 0 aliphatic carbocycles. The number of carboxylic acid groups (broad SMARTS) is 2. The Labute approximate surface area is 366 Å². The monoisotopic (exact) mass is 800 g/mol. The third-order valence-corrected chi connectivity index (χ3v) is 10.7. The van der Waals surface area contributed by atoms with Crippen LogP contribution in [-0.4, -0.2) is 142 Å². The van der Waals surface area contributed by atoms with Crippen LogP contribution in [0.1, 0.15) is 44.7 Å². The number of ether oxygens (including phenoxy) is 2. The SMILES string of the molecule is O=C(O)c1c(OC2CN(C(=O)C3CCNC3)C2)ccc2c1O[B-](O)(O)CC2.O=C(O)c1c(OC2CN(C(=O)C3CCNC3)C2)ccc2c1O[B-](O)(O)CC2.[Na+].[Na+]. The fourth-order valence-corrected chi connectivity index (χ4v) is 7.65. The summed E-state index contributed by atoms with van der Waals surface area (Å²) in [6, 6.07) is 6.47. The first kappa shape index (κ1) is 44.5. The van der Waals surface area contributed by atoms with Crippen molar-refractivity contribution < 1.29 is 127 Å². The summed E-state index contributed by atoms with van der Waals surface area (Å²) in [4.78, 5) is 51.6. The molecule has 4 fully saturated rings. The van der Waals surface area contributed by atoms with E-state index in [0.29, 0.717) is 63.2 Å². The fraction of sp³-hybridized carbons (Fsp3) is 0.529. The van der Waals surface area contributed by atoms with Crippen LogP contribution >= 0.6 is 0 Å². The summed E-state index contributed by atoms with van der Waals surface area (Å²) in [5.74, 6) is -2.23. The normalized spacial score (nSPS) is 23.1. The molecule has 8 N–H and O–H groups in total. The van der Waals surface area contributed by atoms with E-state index in [4.69, 9.17) is 18.8 Å². The standard InChI is InChI=1S/2C17H22BN2O7.2Na/c2*21-16(11-4-6-19-7-11)20-8-12(9-20)26-13-2-1-10-3-5-18(24,25)27-15(10)14(13)17(22)23;;/h2*1-2,11-12,19,24-25H,3-9H2,(H,22,23);;/q2*-1;2*+1. The Bertz CT molecular complexity index is 1690. The van der Waals surface area contributed by atoms with E-state index in [-0.39, 0.29) is 142 Å². The van der Waals surface area contributed by atoms with E-state index in [1.165, 1.54) is 0 Å². The van der Waals surface area contributed by atoms with Crippen LogP contribution in [-0.2, 0) is 22.4 Å². The molecule has 8 rings (SSSR count). The second-order valence-electron chi connectivity index (χ2n) is 14.8. The zero-order valence-corrected chi connectivity index (χ0v) is 35.5. The zero-order chi connectivity index (χ0) is 38.4. The van der Waals surface area contributed by atoms with E-state index in [2.05, 4.69) is 10.6 Å². The molecule has 22 heteroatoms. The zero-order valence-electron chi connectivity index (χ0n) is 31.5. The van der Waals surface area contributed by atoms with Gasteiger partial charge in [-0.1, -0.05) is 24.8 Å². The van der Waals surface area contributed by atoms with Gasteiger partial charge in [-0.05, 0) is 62.0 Å². The van der Waals surface area contributed by atoms with E-state index in [1.54, 1.807) is 34.1 Å². The largest absolute Gasteiger partial charge is 1.00 e. The number of likely N-dealkylation sites (tertiary alicyclic amines) is 2. The molecule has 4 saturated heterocycles. The summed E-state index contributed by atoms with van der Waals surface area (Å²) in [5, 5.41) is 64.6. The maximum Gasteiger partial charge on any atom is 1.00 e. The van der Waals surface area contributed by atoms with Crippen LogP contribution in [0.25, 0.3) is 0 Å². The van der Waals surface area contributed by atoms with E-state index in [1.807, 2.05) is 0 Å². The van der Waals surface area contributed by atoms with Crippen LogP contribution in [0, 0.1) is 11.8 Å². The third-order valence-electron chi connectivity index (χ3n) is 10.7. The summed E-state index contributed by atoms with van der Waals surface area (Å²) in [7, 11) is 0. The van der Waals surface area contributed by atoms with Crippen molar-refractivity contribution in [2.75, 3.05) is 52.4 Å². The van der Waals surface area contributed by atoms with Gasteiger partial charge in [0.15, 0.2) is 0 Å². The molecule has 6 heterocycles. The number of carboxylic acids is 2. The first-order chi connectivity index (χ1) is 25.7. The Hall–Kier alpha value is -2.59. The molecule has 6 aliphatic rings. The van der Waals surface area contributed by atoms with Crippen LogP contribution in [0.3, 0.4) is 0 Å². The number of nitrogens with zero attached hydrogens (tertiary/aromatic N) is 2. The number of carbonyl (C=O) groups is 4. The van der Waals surface area contributed by atoms with Crippen molar-refractivity contribution in [3.63, 3.8) is 0 Å². The molecule has 56 heavy (non-hydrogen) atoms. The molecular formula is C34H44B2N4Na2O14. The molecule has 6 aliphatic heterocycles. The van der Waals surface area contributed by atoms with Gasteiger partial charge in [-0.2, -0.15) is 0 Å². The first-order valence-corrected chi connectivity index (χ1v) is 18.4. The average molecular weight is 800 g/mol. The Kier molecular flexibility index (Phi) is 14.4. The van der Waals surface area contributed by atoms with Crippen molar-refractivity contribution in [3.05, 3.63) is 46.5 Å². The molecular weight excluding hydrogens is 756 g/mol. The minimum absolute atomic E-state index is 0. The number of aryl methyl sites for hydroxylation is 2. The van der Waals surface area contributed by atoms with Crippen molar-refractivity contribution in [2.24, 2.45) is 11.8 Å². The number of fused-ring (bicyclic) bond motifs is 2. The van der Waals surface area contributed by atoms with Crippen LogP contribution < -0.4 is 88.5 Å². The number of benzene rings is 2. The molecule has 292 valence electrons. The molecule has 0 radical (unpaired) electrons. The van der Waals surface area contributed by atoms with Gasteiger partial charge in [0.2, 0.25) is 11.8 Å². The number of carbonyl (C=O) groups excluding carboxylic acids is 2. The van der Waals surface area contributed by atoms with E-state index < -0.39 is 25.4 Å². The van der Waals surface area contributed by atoms with Gasteiger partial charge >= 0.3 is 84.6 Å². The minimum atomic E-state index is -3.07. The van der Waals surface area contributed by atoms with E-state index >= 15 is 0 Å². The predicted molar refractivity (Wildman–Crippen MR) is 189 cm³/mol. The van der Waals surface area contributed by atoms with Crippen LogP contribution in [0.2, 0.25) is 12.6 Å². The van der Waals surface area contributed by atoms with Gasteiger partial charge < -0.3 is 69.5 Å². The molecule has 0 bridgehead atoms. The number of rotatable bonds is 8. The smallest absolute Gasteiger partial charge is 0.669 e. The molecule has 2 aromatic rings. The Morgan fingerprint density at radius 1 is 0.643 bits per heavy atom. The number of hydrogen-bond acceptors (Lipinski definition) is 14. The molecule has 0 saturated carbocycles. The van der Waals surface area contributed by atoms with Crippen molar-refractivity contribution >= 4 is 37.3 Å². The number of amides is 2. The van der Waals surface area contributed by atoms with Gasteiger partial charge in [-0.15, -0.1) is 0 Å². The van der Waals surface area contributed by atoms with Gasteiger partial charge in [0.25, 0.3) is 0 Å². The molecule has 2 atom stereocenters. The van der Waals surface area contributed by atoms with Crippen molar-refractivity contribution in [1.29, 1.82) is 0 Å². The first-order valence-electron chi connectivity index (χ1n) is 18.4. The van der Waals surface area contributed by atoms with Crippen molar-refractivity contribution in [3.8, 4) is 23.0 Å². The van der Waals surface area contributed by atoms with Crippen LogP contribution in [0.5, 0.6) is 23.0 Å². The second-order valence-corrected chi connectivity index (χ2v) is 14.8. The summed E-state index contributed by atoms with van der Waals surface area (Å²) < 4.78 is 21.9. The maximum atomic E-state index is 12.3. The summed E-state index contributed by atoms with van der Waals surface area (Å²) >= 11 is 0. The Morgan fingerprint density at radius 2 is 1.02 bits per heavy atom. The van der Waals surface area contributed by atoms with E-state index in [9.17, 15) is 49.5 Å². The van der Waals surface area contributed by atoms with Gasteiger partial charge in [-0.3, -0.25) is 9.59 Å². The fourth-order valence-electron chi connectivity index (χ4n) is 7.65. The maximum absolute atomic E-state index is 12.3. The molecule has 18 nitrogen and oxygen atoms in total. The molecule has 0 aromatic heterocycles. The summed E-state index contributed by atoms with van der Waals surface area (Å²) in [6.45, 7) is -1.45.